The van der Waals surface area contributed by atoms with Crippen molar-refractivity contribution in [1.82, 2.24) is 15.5 Å². The number of guanidine groups is 1. The first kappa shape index (κ1) is 23.3. The molecule has 1 aromatic carbocycles. The molecular formula is C23H33IN4OS. The molecule has 0 saturated carbocycles. The molecule has 0 atom stereocenters. The van der Waals surface area contributed by atoms with Crippen LogP contribution in [0.4, 0.5) is 0 Å². The van der Waals surface area contributed by atoms with Gasteiger partial charge in [-0.05, 0) is 78.1 Å². The van der Waals surface area contributed by atoms with Crippen LogP contribution in [0.15, 0.2) is 34.0 Å². The highest BCUT2D eigenvalue weighted by Gasteiger charge is 2.21. The molecule has 4 rings (SSSR count). The van der Waals surface area contributed by atoms with Crippen molar-refractivity contribution in [3.8, 4) is 5.75 Å². The Bertz CT molecular complexity index is 832. The van der Waals surface area contributed by atoms with Crippen LogP contribution >= 0.6 is 35.3 Å². The fraction of sp³-hybridized carbons (Fsp3) is 0.522. The number of aromatic hydroxyl groups is 1. The molecule has 164 valence electrons. The number of thiophene rings is 1. The molecule has 3 N–H and O–H groups in total. The van der Waals surface area contributed by atoms with E-state index in [9.17, 15) is 5.11 Å². The van der Waals surface area contributed by atoms with Crippen LogP contribution in [0.5, 0.6) is 5.75 Å². The number of likely N-dealkylation sites (tertiary alicyclic amines) is 1. The second-order valence-corrected chi connectivity index (χ2v) is 8.94. The lowest BCUT2D eigenvalue weighted by Crippen LogP contribution is -2.48. The average Bonchev–Trinajstić information content (AvgIpc) is 3.26. The summed E-state index contributed by atoms with van der Waals surface area (Å²) in [6, 6.07) is 6.60. The molecule has 2 aromatic rings. The maximum atomic E-state index is 10.4. The number of benzene rings is 1. The van der Waals surface area contributed by atoms with Crippen molar-refractivity contribution in [2.24, 2.45) is 4.99 Å². The zero-order chi connectivity index (χ0) is 20.1. The van der Waals surface area contributed by atoms with Gasteiger partial charge in [0.25, 0.3) is 0 Å². The number of piperidine rings is 1. The Balaban J connectivity index is 0.00000256. The summed E-state index contributed by atoms with van der Waals surface area (Å²) in [5.74, 6) is 1.23. The van der Waals surface area contributed by atoms with Crippen molar-refractivity contribution in [1.29, 1.82) is 0 Å². The van der Waals surface area contributed by atoms with E-state index in [1.54, 1.807) is 11.3 Å². The number of phenolic OH excluding ortho intramolecular Hbond substituents is 1. The van der Waals surface area contributed by atoms with E-state index < -0.39 is 0 Å². The third-order valence-corrected chi connectivity index (χ3v) is 6.93. The summed E-state index contributed by atoms with van der Waals surface area (Å²) in [5, 5.41) is 21.8. The van der Waals surface area contributed by atoms with Crippen molar-refractivity contribution in [2.75, 3.05) is 20.1 Å². The number of fused-ring (bicyclic) bond motifs is 1. The molecule has 30 heavy (non-hydrogen) atoms. The molecule has 1 aliphatic carbocycles. The van der Waals surface area contributed by atoms with Crippen LogP contribution in [-0.4, -0.2) is 42.1 Å². The Morgan fingerprint density at radius 3 is 2.73 bits per heavy atom. The second-order valence-electron chi connectivity index (χ2n) is 8.16. The summed E-state index contributed by atoms with van der Waals surface area (Å²) >= 11 is 1.77. The first-order valence-corrected chi connectivity index (χ1v) is 11.7. The standard InChI is InChI=1S/C23H32N4OS.HI/c1-24-23(25-14-21-20-5-3-2-4-18(20)6-7-22(21)28)26-19-8-11-27(12-9-19)15-17-10-13-29-16-17;/h6-7,10,13,16,19,28H,2-5,8-9,11-12,14-15H2,1H3,(H2,24,25,26);1H. The van der Waals surface area contributed by atoms with Gasteiger partial charge in [-0.1, -0.05) is 6.07 Å². The number of aliphatic imine (C=N–C) groups is 1. The lowest BCUT2D eigenvalue weighted by molar-refractivity contribution is 0.198. The molecule has 2 heterocycles. The summed E-state index contributed by atoms with van der Waals surface area (Å²) in [4.78, 5) is 6.95. The molecular weight excluding hydrogens is 507 g/mol. The van der Waals surface area contributed by atoms with Gasteiger partial charge in [0, 0.05) is 44.8 Å². The molecule has 1 aromatic heterocycles. The molecule has 5 nitrogen and oxygen atoms in total. The summed E-state index contributed by atoms with van der Waals surface area (Å²) in [7, 11) is 1.82. The number of phenols is 1. The third-order valence-electron chi connectivity index (χ3n) is 6.20. The Morgan fingerprint density at radius 1 is 1.20 bits per heavy atom. The maximum absolute atomic E-state index is 10.4. The minimum Gasteiger partial charge on any atom is -0.508 e. The van der Waals surface area contributed by atoms with Gasteiger partial charge in [0.15, 0.2) is 5.96 Å². The first-order valence-electron chi connectivity index (χ1n) is 10.8. The zero-order valence-electron chi connectivity index (χ0n) is 17.7. The van der Waals surface area contributed by atoms with E-state index in [4.69, 9.17) is 0 Å². The number of halogens is 1. The summed E-state index contributed by atoms with van der Waals surface area (Å²) in [5.41, 5.74) is 5.19. The average molecular weight is 541 g/mol. The van der Waals surface area contributed by atoms with E-state index in [2.05, 4.69) is 43.4 Å². The van der Waals surface area contributed by atoms with Gasteiger partial charge in [-0.3, -0.25) is 9.89 Å². The minimum atomic E-state index is 0. The van der Waals surface area contributed by atoms with Crippen LogP contribution in [0.2, 0.25) is 0 Å². The first-order chi connectivity index (χ1) is 14.2. The van der Waals surface area contributed by atoms with Crippen LogP contribution in [0.1, 0.15) is 47.9 Å². The van der Waals surface area contributed by atoms with Gasteiger partial charge in [0.1, 0.15) is 5.75 Å². The van der Waals surface area contributed by atoms with Crippen LogP contribution in [0.25, 0.3) is 0 Å². The van der Waals surface area contributed by atoms with E-state index >= 15 is 0 Å². The number of aryl methyl sites for hydroxylation is 1. The maximum Gasteiger partial charge on any atom is 0.191 e. The van der Waals surface area contributed by atoms with Gasteiger partial charge in [0.05, 0.1) is 0 Å². The normalized spacial score (nSPS) is 17.8. The van der Waals surface area contributed by atoms with Gasteiger partial charge in [-0.2, -0.15) is 11.3 Å². The number of nitrogens with zero attached hydrogens (tertiary/aromatic N) is 2. The molecule has 2 aliphatic rings. The smallest absolute Gasteiger partial charge is 0.191 e. The van der Waals surface area contributed by atoms with Gasteiger partial charge in [0.2, 0.25) is 0 Å². The van der Waals surface area contributed by atoms with E-state index in [-0.39, 0.29) is 24.0 Å². The number of rotatable bonds is 5. The molecule has 1 aliphatic heterocycles. The molecule has 0 spiro atoms. The molecule has 0 amide bonds. The largest absolute Gasteiger partial charge is 0.508 e. The Kier molecular flexibility index (Phi) is 8.83. The number of hydrogen-bond acceptors (Lipinski definition) is 4. The fourth-order valence-corrected chi connectivity index (χ4v) is 5.19. The lowest BCUT2D eigenvalue weighted by atomic mass is 9.88. The quantitative estimate of drug-likeness (QED) is 0.301. The summed E-state index contributed by atoms with van der Waals surface area (Å²) in [6.45, 7) is 3.89. The SMILES string of the molecule is CN=C(NCc1c(O)ccc2c1CCCC2)NC1CCN(Cc2ccsc2)CC1.I. The van der Waals surface area contributed by atoms with Gasteiger partial charge in [-0.15, -0.1) is 24.0 Å². The zero-order valence-corrected chi connectivity index (χ0v) is 20.8. The van der Waals surface area contributed by atoms with Crippen LogP contribution < -0.4 is 10.6 Å². The van der Waals surface area contributed by atoms with E-state index in [1.807, 2.05) is 13.1 Å². The van der Waals surface area contributed by atoms with Crippen molar-refractivity contribution in [2.45, 2.75) is 57.7 Å². The highest BCUT2D eigenvalue weighted by molar-refractivity contribution is 14.0. The molecule has 0 radical (unpaired) electrons. The topological polar surface area (TPSA) is 59.9 Å². The molecule has 0 unspecified atom stereocenters. The molecule has 0 bridgehead atoms. The second kappa shape index (κ2) is 11.3. The van der Waals surface area contributed by atoms with E-state index in [0.717, 1.165) is 56.8 Å². The number of hydrogen-bond donors (Lipinski definition) is 3. The van der Waals surface area contributed by atoms with Crippen LogP contribution in [0.3, 0.4) is 0 Å². The van der Waals surface area contributed by atoms with Crippen molar-refractivity contribution in [3.63, 3.8) is 0 Å². The Labute approximate surface area is 201 Å². The third kappa shape index (κ3) is 5.88. The predicted octanol–water partition coefficient (Wildman–Crippen LogP) is 4.28. The molecule has 1 saturated heterocycles. The molecule has 7 heteroatoms. The highest BCUT2D eigenvalue weighted by Crippen LogP contribution is 2.30. The monoisotopic (exact) mass is 540 g/mol. The highest BCUT2D eigenvalue weighted by atomic mass is 127. The lowest BCUT2D eigenvalue weighted by Gasteiger charge is -2.33. The predicted molar refractivity (Wildman–Crippen MR) is 136 cm³/mol. The van der Waals surface area contributed by atoms with Crippen LogP contribution in [0, 0.1) is 0 Å². The van der Waals surface area contributed by atoms with E-state index in [1.165, 1.54) is 29.5 Å². The van der Waals surface area contributed by atoms with Gasteiger partial charge < -0.3 is 15.7 Å². The minimum absolute atomic E-state index is 0. The van der Waals surface area contributed by atoms with Crippen molar-refractivity contribution >= 4 is 41.3 Å². The Morgan fingerprint density at radius 2 is 2.00 bits per heavy atom. The van der Waals surface area contributed by atoms with Crippen molar-refractivity contribution in [3.05, 3.63) is 51.2 Å². The summed E-state index contributed by atoms with van der Waals surface area (Å²) in [6.07, 6.45) is 6.89. The van der Waals surface area contributed by atoms with Crippen LogP contribution in [-0.2, 0) is 25.9 Å². The fourth-order valence-electron chi connectivity index (χ4n) is 4.53. The molecule has 1 fully saturated rings. The van der Waals surface area contributed by atoms with E-state index in [0.29, 0.717) is 18.3 Å². The van der Waals surface area contributed by atoms with Gasteiger partial charge in [-0.25, -0.2) is 0 Å². The summed E-state index contributed by atoms with van der Waals surface area (Å²) < 4.78 is 0. The van der Waals surface area contributed by atoms with Gasteiger partial charge >= 0.3 is 0 Å². The Hall–Kier alpha value is -1.32. The van der Waals surface area contributed by atoms with Crippen molar-refractivity contribution < 1.29 is 5.11 Å². The number of nitrogens with one attached hydrogen (secondary N) is 2.